The minimum atomic E-state index is -1.50. The van der Waals surface area contributed by atoms with Crippen LogP contribution in [-0.2, 0) is 0 Å². The smallest absolute Gasteiger partial charge is 0.355 e. The van der Waals surface area contributed by atoms with Crippen LogP contribution in [-0.4, -0.2) is 21.0 Å². The van der Waals surface area contributed by atoms with E-state index in [4.69, 9.17) is 5.11 Å². The number of carboxylic acid groups (broad SMARTS) is 1. The van der Waals surface area contributed by atoms with E-state index >= 15 is 0 Å². The molecular weight excluding hydrogens is 219 g/mol. The molecule has 16 heavy (non-hydrogen) atoms. The molecule has 2 aromatic rings. The van der Waals surface area contributed by atoms with Crippen LogP contribution >= 0.6 is 0 Å². The molecule has 0 bridgehead atoms. The van der Waals surface area contributed by atoms with Crippen LogP contribution in [0.1, 0.15) is 10.5 Å². The highest BCUT2D eigenvalue weighted by atomic mass is 19.1. The molecule has 0 amide bonds. The Labute approximate surface area is 87.5 Å². The number of benzene rings is 1. The van der Waals surface area contributed by atoms with Crippen molar-refractivity contribution in [2.75, 3.05) is 0 Å². The maximum Gasteiger partial charge on any atom is 0.355 e. The van der Waals surface area contributed by atoms with E-state index in [2.05, 4.69) is 4.98 Å². The predicted octanol–water partition coefficient (Wildman–Crippen LogP) is 1.91. The molecule has 82 valence electrons. The lowest BCUT2D eigenvalue weighted by Gasteiger charge is -1.92. The second-order valence-corrected chi connectivity index (χ2v) is 3.08. The summed E-state index contributed by atoms with van der Waals surface area (Å²) in [6, 6.07) is 3.84. The number of halogens is 1. The van der Waals surface area contributed by atoms with E-state index in [-0.39, 0.29) is 10.9 Å². The Balaban J connectivity index is 2.87. The third kappa shape index (κ3) is 1.29. The first-order chi connectivity index (χ1) is 7.52. The molecule has 0 spiro atoms. The first-order valence-corrected chi connectivity index (χ1v) is 4.20. The molecule has 0 fully saturated rings. The molecule has 0 saturated heterocycles. The first kappa shape index (κ1) is 10.1. The molecular formula is C9H5FN2O4. The summed E-state index contributed by atoms with van der Waals surface area (Å²) in [5.41, 5.74) is -1.05. The number of carbonyl (C=O) groups is 1. The summed E-state index contributed by atoms with van der Waals surface area (Å²) in [6.07, 6.45) is 0. The van der Waals surface area contributed by atoms with E-state index in [0.717, 1.165) is 6.07 Å². The highest BCUT2D eigenvalue weighted by Crippen LogP contribution is 2.29. The van der Waals surface area contributed by atoms with Gasteiger partial charge in [0.1, 0.15) is 5.39 Å². The molecule has 2 rings (SSSR count). The zero-order valence-corrected chi connectivity index (χ0v) is 7.73. The molecule has 1 aromatic heterocycles. The van der Waals surface area contributed by atoms with Gasteiger partial charge in [-0.05, 0) is 6.07 Å². The summed E-state index contributed by atoms with van der Waals surface area (Å²) in [5, 5.41) is 19.0. The monoisotopic (exact) mass is 224 g/mol. The fourth-order valence-electron chi connectivity index (χ4n) is 1.49. The van der Waals surface area contributed by atoms with Gasteiger partial charge in [-0.25, -0.2) is 9.18 Å². The quantitative estimate of drug-likeness (QED) is 0.601. The molecule has 1 heterocycles. The minimum Gasteiger partial charge on any atom is -0.476 e. The summed E-state index contributed by atoms with van der Waals surface area (Å²) in [6.45, 7) is 0. The molecule has 0 aliphatic heterocycles. The van der Waals surface area contributed by atoms with Crippen LogP contribution in [0.25, 0.3) is 10.9 Å². The van der Waals surface area contributed by atoms with E-state index in [0.29, 0.717) is 0 Å². The summed E-state index contributed by atoms with van der Waals surface area (Å²) >= 11 is 0. The molecule has 6 nitrogen and oxygen atoms in total. The van der Waals surface area contributed by atoms with Gasteiger partial charge in [-0.3, -0.25) is 10.1 Å². The number of hydrogen-bond donors (Lipinski definition) is 2. The van der Waals surface area contributed by atoms with Gasteiger partial charge in [0, 0.05) is 6.07 Å². The van der Waals surface area contributed by atoms with Crippen molar-refractivity contribution in [2.24, 2.45) is 0 Å². The highest BCUT2D eigenvalue weighted by Gasteiger charge is 2.23. The third-order valence-electron chi connectivity index (χ3n) is 2.15. The Morgan fingerprint density at radius 1 is 1.50 bits per heavy atom. The average Bonchev–Trinajstić information content (AvgIpc) is 2.56. The number of aromatic amines is 1. The number of rotatable bonds is 2. The van der Waals surface area contributed by atoms with Gasteiger partial charge in [0.15, 0.2) is 11.5 Å². The maximum atomic E-state index is 13.6. The van der Waals surface area contributed by atoms with Crippen LogP contribution in [0.15, 0.2) is 18.2 Å². The number of carboxylic acids is 1. The average molecular weight is 224 g/mol. The van der Waals surface area contributed by atoms with Gasteiger partial charge in [0.05, 0.1) is 10.4 Å². The number of aromatic nitrogens is 1. The lowest BCUT2D eigenvalue weighted by Crippen LogP contribution is -1.99. The molecule has 0 aliphatic carbocycles. The Kier molecular flexibility index (Phi) is 2.08. The van der Waals surface area contributed by atoms with Crippen molar-refractivity contribution < 1.29 is 19.2 Å². The fourth-order valence-corrected chi connectivity index (χ4v) is 1.49. The molecule has 2 N–H and O–H groups in total. The van der Waals surface area contributed by atoms with Gasteiger partial charge < -0.3 is 10.1 Å². The highest BCUT2D eigenvalue weighted by molar-refractivity contribution is 5.98. The number of nitrogens with one attached hydrogen (secondary N) is 1. The Morgan fingerprint density at radius 3 is 2.75 bits per heavy atom. The topological polar surface area (TPSA) is 96.2 Å². The van der Waals surface area contributed by atoms with Crippen molar-refractivity contribution in [3.8, 4) is 0 Å². The molecule has 0 radical (unpaired) electrons. The van der Waals surface area contributed by atoms with Gasteiger partial charge in [-0.1, -0.05) is 6.07 Å². The Bertz CT molecular complexity index is 605. The second kappa shape index (κ2) is 3.30. The largest absolute Gasteiger partial charge is 0.476 e. The van der Waals surface area contributed by atoms with Crippen molar-refractivity contribution in [3.63, 3.8) is 0 Å². The number of nitrogens with zero attached hydrogens (tertiary/aromatic N) is 1. The van der Waals surface area contributed by atoms with Gasteiger partial charge >= 0.3 is 5.97 Å². The van der Waals surface area contributed by atoms with Crippen molar-refractivity contribution in [3.05, 3.63) is 39.8 Å². The summed E-state index contributed by atoms with van der Waals surface area (Å²) in [4.78, 5) is 22.8. The number of hydrogen-bond acceptors (Lipinski definition) is 3. The Morgan fingerprint density at radius 2 is 2.19 bits per heavy atom. The standard InChI is InChI=1S/C9H5FN2O4/c10-7-6-4(11-8(7)9(13)14)2-1-3-5(6)12(15)16/h1-3,11H,(H,13,14). The van der Waals surface area contributed by atoms with Crippen LogP contribution in [0.2, 0.25) is 0 Å². The van der Waals surface area contributed by atoms with Crippen LogP contribution in [0.4, 0.5) is 10.1 Å². The first-order valence-electron chi connectivity index (χ1n) is 4.20. The fraction of sp³-hybridized carbons (Fsp3) is 0. The number of non-ortho nitro benzene ring substituents is 1. The van der Waals surface area contributed by atoms with Crippen molar-refractivity contribution in [2.45, 2.75) is 0 Å². The van der Waals surface area contributed by atoms with Crippen LogP contribution in [0, 0.1) is 15.9 Å². The van der Waals surface area contributed by atoms with Crippen LogP contribution in [0.5, 0.6) is 0 Å². The molecule has 7 heteroatoms. The SMILES string of the molecule is O=C(O)c1[nH]c2cccc([N+](=O)[O-])c2c1F. The van der Waals surface area contributed by atoms with Gasteiger partial charge in [-0.15, -0.1) is 0 Å². The number of nitro groups is 1. The van der Waals surface area contributed by atoms with E-state index in [1.54, 1.807) is 0 Å². The Hall–Kier alpha value is -2.44. The maximum absolute atomic E-state index is 13.6. The van der Waals surface area contributed by atoms with E-state index in [1.807, 2.05) is 0 Å². The number of fused-ring (bicyclic) bond motifs is 1. The lowest BCUT2D eigenvalue weighted by atomic mass is 10.2. The lowest BCUT2D eigenvalue weighted by molar-refractivity contribution is -0.383. The second-order valence-electron chi connectivity index (χ2n) is 3.08. The number of aromatic carboxylic acids is 1. The molecule has 0 unspecified atom stereocenters. The molecule has 1 aromatic carbocycles. The van der Waals surface area contributed by atoms with E-state index < -0.39 is 28.1 Å². The van der Waals surface area contributed by atoms with E-state index in [9.17, 15) is 19.3 Å². The zero-order valence-electron chi connectivity index (χ0n) is 7.73. The molecule has 0 atom stereocenters. The third-order valence-corrected chi connectivity index (χ3v) is 2.15. The normalized spacial score (nSPS) is 10.6. The van der Waals surface area contributed by atoms with Crippen molar-refractivity contribution in [1.29, 1.82) is 0 Å². The summed E-state index contributed by atoms with van der Waals surface area (Å²) < 4.78 is 13.6. The van der Waals surface area contributed by atoms with Crippen LogP contribution in [0.3, 0.4) is 0 Å². The summed E-state index contributed by atoms with van der Waals surface area (Å²) in [7, 11) is 0. The predicted molar refractivity (Wildman–Crippen MR) is 51.9 cm³/mol. The van der Waals surface area contributed by atoms with E-state index in [1.165, 1.54) is 12.1 Å². The van der Waals surface area contributed by atoms with Crippen LogP contribution < -0.4 is 0 Å². The summed E-state index contributed by atoms with van der Waals surface area (Å²) in [5.74, 6) is -2.61. The van der Waals surface area contributed by atoms with Crippen molar-refractivity contribution >= 4 is 22.6 Å². The van der Waals surface area contributed by atoms with Gasteiger partial charge in [0.2, 0.25) is 0 Å². The molecule has 0 saturated carbocycles. The molecule has 0 aliphatic rings. The van der Waals surface area contributed by atoms with Crippen molar-refractivity contribution in [1.82, 2.24) is 4.98 Å². The zero-order chi connectivity index (χ0) is 11.9. The van der Waals surface area contributed by atoms with Gasteiger partial charge in [-0.2, -0.15) is 0 Å². The van der Waals surface area contributed by atoms with Gasteiger partial charge in [0.25, 0.3) is 5.69 Å². The number of nitro benzene ring substituents is 1. The minimum absolute atomic E-state index is 0.0871. The number of H-pyrrole nitrogens is 1.